The number of hydrogen-bond acceptors (Lipinski definition) is 5. The van der Waals surface area contributed by atoms with E-state index in [0.29, 0.717) is 5.56 Å². The molecule has 1 heterocycles. The van der Waals surface area contributed by atoms with Gasteiger partial charge in [-0.3, -0.25) is 4.79 Å². The van der Waals surface area contributed by atoms with Gasteiger partial charge in [-0.1, -0.05) is 12.1 Å². The summed E-state index contributed by atoms with van der Waals surface area (Å²) >= 11 is 5.78. The number of ether oxygens (including phenoxy) is 2. The molecule has 1 aromatic carbocycles. The molecule has 0 aromatic heterocycles. The molecule has 2 rings (SSSR count). The highest BCUT2D eigenvalue weighted by atomic mass is 35.5. The molecule has 1 unspecified atom stereocenters. The number of alkyl halides is 4. The van der Waals surface area contributed by atoms with E-state index in [-0.39, 0.29) is 26.1 Å². The van der Waals surface area contributed by atoms with E-state index >= 15 is 0 Å². The minimum atomic E-state index is -4.50. The van der Waals surface area contributed by atoms with Crippen LogP contribution >= 0.6 is 11.6 Å². The number of hydrogen-bond donors (Lipinski definition) is 0. The van der Waals surface area contributed by atoms with E-state index in [4.69, 9.17) is 21.1 Å². The Balaban J connectivity index is 2.37. The van der Waals surface area contributed by atoms with E-state index in [9.17, 15) is 27.6 Å². The van der Waals surface area contributed by atoms with E-state index in [1.54, 1.807) is 20.8 Å². The van der Waals surface area contributed by atoms with Crippen LogP contribution in [0.2, 0.25) is 0 Å². The minimum Gasteiger partial charge on any atom is -0.467 e. The molecule has 1 saturated heterocycles. The molecule has 1 atom stereocenters. The largest absolute Gasteiger partial charge is 0.467 e. The summed E-state index contributed by atoms with van der Waals surface area (Å²) in [7, 11) is 1.15. The van der Waals surface area contributed by atoms with Gasteiger partial charge in [0.15, 0.2) is 5.54 Å². The number of amides is 2. The minimum absolute atomic E-state index is 0.0577. The Labute approximate surface area is 189 Å². The fourth-order valence-electron chi connectivity index (χ4n) is 3.50. The highest BCUT2D eigenvalue weighted by Crippen LogP contribution is 2.34. The number of nitrogens with zero attached hydrogens (tertiary/aromatic N) is 2. The number of methoxy groups -OCH3 is 1. The second kappa shape index (κ2) is 9.56. The van der Waals surface area contributed by atoms with Gasteiger partial charge in [-0.15, -0.1) is 11.6 Å². The molecule has 1 fully saturated rings. The Morgan fingerprint density at radius 2 is 1.75 bits per heavy atom. The van der Waals surface area contributed by atoms with Gasteiger partial charge < -0.3 is 19.3 Å². The molecule has 32 heavy (non-hydrogen) atoms. The van der Waals surface area contributed by atoms with Crippen LogP contribution in [0.3, 0.4) is 0 Å². The fraction of sp³-hybridized carbons (Fsp3) is 0.571. The normalized spacial score (nSPS) is 18.9. The molecule has 1 aliphatic rings. The zero-order valence-electron chi connectivity index (χ0n) is 18.3. The van der Waals surface area contributed by atoms with Crippen molar-refractivity contribution in [1.29, 1.82) is 0 Å². The number of carbonyl (C=O) groups excluding carboxylic acids is 3. The number of esters is 1. The van der Waals surface area contributed by atoms with Crippen LogP contribution in [-0.2, 0) is 31.8 Å². The first kappa shape index (κ1) is 25.8. The average molecular weight is 479 g/mol. The van der Waals surface area contributed by atoms with Crippen molar-refractivity contribution in [2.45, 2.75) is 51.1 Å². The van der Waals surface area contributed by atoms with Crippen molar-refractivity contribution in [3.63, 3.8) is 0 Å². The maximum Gasteiger partial charge on any atom is 0.416 e. The lowest BCUT2D eigenvalue weighted by Crippen LogP contribution is -2.59. The summed E-state index contributed by atoms with van der Waals surface area (Å²) in [4.78, 5) is 40.6. The van der Waals surface area contributed by atoms with Gasteiger partial charge in [-0.2, -0.15) is 13.2 Å². The molecule has 0 N–H and O–H groups in total. The lowest BCUT2D eigenvalue weighted by atomic mass is 9.94. The van der Waals surface area contributed by atoms with Crippen LogP contribution in [0.4, 0.5) is 18.0 Å². The lowest BCUT2D eigenvalue weighted by molar-refractivity contribution is -0.161. The average Bonchev–Trinajstić information content (AvgIpc) is 3.16. The summed E-state index contributed by atoms with van der Waals surface area (Å²) in [5.41, 5.74) is -2.80. The van der Waals surface area contributed by atoms with Gasteiger partial charge in [0.2, 0.25) is 5.91 Å². The van der Waals surface area contributed by atoms with Crippen LogP contribution in [0, 0.1) is 0 Å². The van der Waals surface area contributed by atoms with Crippen LogP contribution in [-0.4, -0.2) is 65.0 Å². The molecule has 0 radical (unpaired) electrons. The van der Waals surface area contributed by atoms with Crippen LogP contribution < -0.4 is 0 Å². The van der Waals surface area contributed by atoms with E-state index in [1.165, 1.54) is 21.9 Å². The quantitative estimate of drug-likeness (QED) is 0.475. The van der Waals surface area contributed by atoms with Crippen molar-refractivity contribution in [1.82, 2.24) is 9.80 Å². The van der Waals surface area contributed by atoms with Crippen LogP contribution in [0.25, 0.3) is 0 Å². The highest BCUT2D eigenvalue weighted by Gasteiger charge is 2.53. The Kier molecular flexibility index (Phi) is 7.70. The molecule has 0 spiro atoms. The van der Waals surface area contributed by atoms with Crippen molar-refractivity contribution in [3.8, 4) is 0 Å². The van der Waals surface area contributed by atoms with E-state index in [0.717, 1.165) is 19.2 Å². The van der Waals surface area contributed by atoms with Crippen LogP contribution in [0.5, 0.6) is 0 Å². The van der Waals surface area contributed by atoms with Gasteiger partial charge in [0.05, 0.1) is 19.2 Å². The van der Waals surface area contributed by atoms with Crippen LogP contribution in [0.1, 0.15) is 38.3 Å². The van der Waals surface area contributed by atoms with Crippen molar-refractivity contribution in [2.75, 3.05) is 26.1 Å². The number of rotatable bonds is 5. The van der Waals surface area contributed by atoms with Gasteiger partial charge in [0, 0.05) is 19.5 Å². The molecule has 2 amide bonds. The number of likely N-dealkylation sites (tertiary alicyclic amines) is 1. The predicted molar refractivity (Wildman–Crippen MR) is 110 cm³/mol. The van der Waals surface area contributed by atoms with Gasteiger partial charge in [-0.25, -0.2) is 9.59 Å². The third-order valence-corrected chi connectivity index (χ3v) is 5.25. The fourth-order valence-corrected chi connectivity index (χ4v) is 3.64. The summed E-state index contributed by atoms with van der Waals surface area (Å²) in [5, 5.41) is 0. The Hall–Kier alpha value is -2.49. The maximum absolute atomic E-state index is 12.9. The van der Waals surface area contributed by atoms with Gasteiger partial charge in [0.25, 0.3) is 0 Å². The van der Waals surface area contributed by atoms with Crippen molar-refractivity contribution in [3.05, 3.63) is 35.4 Å². The molecular formula is C21H26ClF3N2O5. The first-order chi connectivity index (χ1) is 14.7. The molecule has 11 heteroatoms. The van der Waals surface area contributed by atoms with E-state index < -0.39 is 46.7 Å². The van der Waals surface area contributed by atoms with Crippen molar-refractivity contribution in [2.24, 2.45) is 0 Å². The Morgan fingerprint density at radius 3 is 2.22 bits per heavy atom. The monoisotopic (exact) mass is 478 g/mol. The zero-order chi connectivity index (χ0) is 24.3. The summed E-state index contributed by atoms with van der Waals surface area (Å²) in [6.07, 6.45) is -5.10. The molecule has 0 aliphatic carbocycles. The second-order valence-electron chi connectivity index (χ2n) is 8.48. The topological polar surface area (TPSA) is 76.2 Å². The molecule has 0 bridgehead atoms. The molecule has 178 valence electrons. The van der Waals surface area contributed by atoms with Crippen LogP contribution in [0.15, 0.2) is 24.3 Å². The molecule has 0 saturated carbocycles. The SMILES string of the molecule is COC(=O)C1(N(Cc2ccc(C(F)(F)F)cc2)C(=O)CCl)CCN(C(=O)OC(C)(C)C)C1. The summed E-state index contributed by atoms with van der Waals surface area (Å²) in [6, 6.07) is 4.24. The number of benzene rings is 1. The molecule has 1 aromatic rings. The molecule has 1 aliphatic heterocycles. The molecular weight excluding hydrogens is 453 g/mol. The second-order valence-corrected chi connectivity index (χ2v) is 8.75. The zero-order valence-corrected chi connectivity index (χ0v) is 19.0. The van der Waals surface area contributed by atoms with Gasteiger partial charge in [-0.05, 0) is 38.5 Å². The Bertz CT molecular complexity index is 854. The smallest absolute Gasteiger partial charge is 0.416 e. The van der Waals surface area contributed by atoms with Gasteiger partial charge >= 0.3 is 18.2 Å². The third-order valence-electron chi connectivity index (χ3n) is 5.02. The van der Waals surface area contributed by atoms with Crippen molar-refractivity contribution < 1.29 is 37.0 Å². The number of carbonyl (C=O) groups is 3. The summed E-state index contributed by atoms with van der Waals surface area (Å²) < 4.78 is 48.9. The first-order valence-corrected chi connectivity index (χ1v) is 10.4. The Morgan fingerprint density at radius 1 is 1.16 bits per heavy atom. The van der Waals surface area contributed by atoms with E-state index in [1.807, 2.05) is 0 Å². The summed E-state index contributed by atoms with van der Waals surface area (Å²) in [6.45, 7) is 4.81. The standard InChI is InChI=1S/C21H26ClF3N2O5/c1-19(2,3)32-18(30)26-10-9-20(13-26,17(29)31-4)27(16(28)11-22)12-14-5-7-15(8-6-14)21(23,24)25/h5-8H,9-13H2,1-4H3. The van der Waals surface area contributed by atoms with Crippen molar-refractivity contribution >= 4 is 29.6 Å². The highest BCUT2D eigenvalue weighted by molar-refractivity contribution is 6.27. The lowest BCUT2D eigenvalue weighted by Gasteiger charge is -2.38. The number of halogens is 4. The molecule has 7 nitrogen and oxygen atoms in total. The maximum atomic E-state index is 12.9. The third kappa shape index (κ3) is 5.85. The van der Waals surface area contributed by atoms with E-state index in [2.05, 4.69) is 0 Å². The predicted octanol–water partition coefficient (Wildman–Crippen LogP) is 3.83. The van der Waals surface area contributed by atoms with Gasteiger partial charge in [0.1, 0.15) is 11.5 Å². The first-order valence-electron chi connectivity index (χ1n) is 9.82. The summed E-state index contributed by atoms with van der Waals surface area (Å²) in [5.74, 6) is -1.84.